The number of aliphatic hydroxyl groups is 1. The van der Waals surface area contributed by atoms with Crippen LogP contribution in [0, 0.1) is 16.4 Å². The molecule has 1 aromatic rings. The van der Waals surface area contributed by atoms with E-state index in [1.165, 1.54) is 9.13 Å². The zero-order chi connectivity index (χ0) is 14.9. The lowest BCUT2D eigenvalue weighted by Gasteiger charge is -2.44. The van der Waals surface area contributed by atoms with Crippen molar-refractivity contribution < 1.29 is 14.6 Å². The van der Waals surface area contributed by atoms with Crippen LogP contribution in [0.4, 0.5) is 0 Å². The minimum Gasteiger partial charge on any atom is -0.388 e. The maximum atomic E-state index is 10.9. The number of hydrogen-bond acceptors (Lipinski definition) is 3. The van der Waals surface area contributed by atoms with Gasteiger partial charge in [0.05, 0.1) is 11.7 Å². The molecule has 0 bridgehead atoms. The standard InChI is InChI=1S/C17H23IO3/c1-12-3-2-4-14(15(12)18)16(19)13-5-8-21-17(11-13)6-9-20-10-7-17/h2-4,13,16,19H,5-11H2,1H3. The molecule has 3 rings (SSSR count). The molecule has 4 heteroatoms. The molecule has 2 heterocycles. The molecule has 2 atom stereocenters. The first-order chi connectivity index (χ1) is 10.1. The quantitative estimate of drug-likeness (QED) is 0.769. The van der Waals surface area contributed by atoms with Gasteiger partial charge < -0.3 is 14.6 Å². The van der Waals surface area contributed by atoms with Crippen LogP contribution in [0.1, 0.15) is 42.9 Å². The summed E-state index contributed by atoms with van der Waals surface area (Å²) in [5.74, 6) is 0.284. The van der Waals surface area contributed by atoms with Crippen LogP contribution in [0.15, 0.2) is 18.2 Å². The van der Waals surface area contributed by atoms with Gasteiger partial charge in [0.2, 0.25) is 0 Å². The second kappa shape index (κ2) is 6.52. The van der Waals surface area contributed by atoms with E-state index in [0.29, 0.717) is 0 Å². The van der Waals surface area contributed by atoms with Crippen molar-refractivity contribution in [3.8, 4) is 0 Å². The van der Waals surface area contributed by atoms with E-state index in [4.69, 9.17) is 9.47 Å². The first kappa shape index (κ1) is 15.7. The highest BCUT2D eigenvalue weighted by atomic mass is 127. The summed E-state index contributed by atoms with van der Waals surface area (Å²) >= 11 is 2.35. The fourth-order valence-corrected chi connectivity index (χ4v) is 4.26. The molecule has 2 unspecified atom stereocenters. The summed E-state index contributed by atoms with van der Waals surface area (Å²) in [6.45, 7) is 4.42. The van der Waals surface area contributed by atoms with Gasteiger partial charge in [0.25, 0.3) is 0 Å². The molecule has 3 nitrogen and oxygen atoms in total. The van der Waals surface area contributed by atoms with Crippen LogP contribution in [-0.4, -0.2) is 30.5 Å². The van der Waals surface area contributed by atoms with E-state index >= 15 is 0 Å². The Morgan fingerprint density at radius 1 is 1.29 bits per heavy atom. The molecule has 0 amide bonds. The number of ether oxygens (including phenoxy) is 2. The molecule has 116 valence electrons. The molecule has 21 heavy (non-hydrogen) atoms. The third-order valence-electron chi connectivity index (χ3n) is 4.92. The van der Waals surface area contributed by atoms with E-state index in [-0.39, 0.29) is 17.6 Å². The lowest BCUT2D eigenvalue weighted by Crippen LogP contribution is -2.45. The zero-order valence-electron chi connectivity index (χ0n) is 12.5. The molecule has 0 aromatic heterocycles. The van der Waals surface area contributed by atoms with Gasteiger partial charge in [-0.25, -0.2) is 0 Å². The third-order valence-corrected chi connectivity index (χ3v) is 6.40. The lowest BCUT2D eigenvalue weighted by molar-refractivity contribution is -0.159. The number of hydrogen-bond donors (Lipinski definition) is 1. The molecule has 2 saturated heterocycles. The van der Waals surface area contributed by atoms with Crippen LogP contribution in [0.3, 0.4) is 0 Å². The van der Waals surface area contributed by atoms with Crippen LogP contribution >= 0.6 is 22.6 Å². The van der Waals surface area contributed by atoms with Gasteiger partial charge in [-0.1, -0.05) is 18.2 Å². The van der Waals surface area contributed by atoms with Crippen LogP contribution in [0.25, 0.3) is 0 Å². The number of benzene rings is 1. The SMILES string of the molecule is Cc1cccc(C(O)C2CCOC3(CCOCC3)C2)c1I. The Balaban J connectivity index is 1.78. The van der Waals surface area contributed by atoms with Crippen LogP contribution in [0.5, 0.6) is 0 Å². The molecule has 1 N–H and O–H groups in total. The number of halogens is 1. The summed E-state index contributed by atoms with van der Waals surface area (Å²) < 4.78 is 12.7. The number of aryl methyl sites for hydroxylation is 1. The Labute approximate surface area is 140 Å². The summed E-state index contributed by atoms with van der Waals surface area (Å²) in [6.07, 6.45) is 3.41. The monoisotopic (exact) mass is 402 g/mol. The van der Waals surface area contributed by atoms with Gasteiger partial charge in [0, 0.05) is 23.4 Å². The van der Waals surface area contributed by atoms with Crippen molar-refractivity contribution in [2.75, 3.05) is 19.8 Å². The van der Waals surface area contributed by atoms with Crippen LogP contribution in [0.2, 0.25) is 0 Å². The molecule has 1 aromatic carbocycles. The Bertz CT molecular complexity index is 491. The first-order valence-corrected chi connectivity index (χ1v) is 8.84. The second-order valence-corrected chi connectivity index (χ2v) is 7.40. The fourth-order valence-electron chi connectivity index (χ4n) is 3.58. The summed E-state index contributed by atoms with van der Waals surface area (Å²) in [5, 5.41) is 10.9. The molecule has 1 spiro atoms. The number of rotatable bonds is 2. The van der Waals surface area contributed by atoms with E-state index in [9.17, 15) is 5.11 Å². The largest absolute Gasteiger partial charge is 0.388 e. The minimum atomic E-state index is -0.389. The van der Waals surface area contributed by atoms with Gasteiger partial charge in [0.1, 0.15) is 0 Å². The average Bonchev–Trinajstić information content (AvgIpc) is 2.50. The predicted molar refractivity (Wildman–Crippen MR) is 90.3 cm³/mol. The predicted octanol–water partition coefficient (Wildman–Crippen LogP) is 3.61. The molecular weight excluding hydrogens is 379 g/mol. The zero-order valence-corrected chi connectivity index (χ0v) is 14.6. The molecule has 0 saturated carbocycles. The van der Waals surface area contributed by atoms with Crippen molar-refractivity contribution in [1.29, 1.82) is 0 Å². The number of aliphatic hydroxyl groups excluding tert-OH is 1. The molecule has 2 aliphatic rings. The summed E-state index contributed by atoms with van der Waals surface area (Å²) in [4.78, 5) is 0. The van der Waals surface area contributed by atoms with Gasteiger partial charge in [-0.05, 0) is 72.2 Å². The maximum Gasteiger partial charge on any atom is 0.0830 e. The van der Waals surface area contributed by atoms with Gasteiger partial charge in [-0.15, -0.1) is 0 Å². The smallest absolute Gasteiger partial charge is 0.0830 e. The Morgan fingerprint density at radius 3 is 2.81 bits per heavy atom. The third kappa shape index (κ3) is 3.28. The molecule has 0 aliphatic carbocycles. The van der Waals surface area contributed by atoms with E-state index in [0.717, 1.165) is 51.1 Å². The lowest BCUT2D eigenvalue weighted by atomic mass is 9.77. The highest BCUT2D eigenvalue weighted by Gasteiger charge is 2.41. The van der Waals surface area contributed by atoms with Crippen molar-refractivity contribution in [2.45, 2.75) is 44.3 Å². The van der Waals surface area contributed by atoms with Crippen molar-refractivity contribution >= 4 is 22.6 Å². The molecule has 0 radical (unpaired) electrons. The molecular formula is C17H23IO3. The van der Waals surface area contributed by atoms with Crippen molar-refractivity contribution in [3.05, 3.63) is 32.9 Å². The van der Waals surface area contributed by atoms with Crippen molar-refractivity contribution in [1.82, 2.24) is 0 Å². The summed E-state index contributed by atoms with van der Waals surface area (Å²) in [6, 6.07) is 6.20. The molecule has 2 fully saturated rings. The highest BCUT2D eigenvalue weighted by molar-refractivity contribution is 14.1. The normalized spacial score (nSPS) is 26.7. The maximum absolute atomic E-state index is 10.9. The van der Waals surface area contributed by atoms with E-state index in [1.54, 1.807) is 0 Å². The fraction of sp³-hybridized carbons (Fsp3) is 0.647. The van der Waals surface area contributed by atoms with Gasteiger partial charge in [-0.3, -0.25) is 0 Å². The van der Waals surface area contributed by atoms with E-state index in [1.807, 2.05) is 6.07 Å². The minimum absolute atomic E-state index is 0.0581. The van der Waals surface area contributed by atoms with Gasteiger partial charge in [-0.2, -0.15) is 0 Å². The topological polar surface area (TPSA) is 38.7 Å². The van der Waals surface area contributed by atoms with E-state index < -0.39 is 0 Å². The first-order valence-electron chi connectivity index (χ1n) is 7.76. The molecule has 2 aliphatic heterocycles. The van der Waals surface area contributed by atoms with Gasteiger partial charge >= 0.3 is 0 Å². The van der Waals surface area contributed by atoms with Crippen molar-refractivity contribution in [3.63, 3.8) is 0 Å². The summed E-state index contributed by atoms with van der Waals surface area (Å²) in [7, 11) is 0. The van der Waals surface area contributed by atoms with Crippen LogP contribution in [-0.2, 0) is 9.47 Å². The Morgan fingerprint density at radius 2 is 2.05 bits per heavy atom. The average molecular weight is 402 g/mol. The van der Waals surface area contributed by atoms with Crippen LogP contribution < -0.4 is 0 Å². The van der Waals surface area contributed by atoms with Gasteiger partial charge in [0.15, 0.2) is 0 Å². The van der Waals surface area contributed by atoms with E-state index in [2.05, 4.69) is 41.6 Å². The Kier molecular flexibility index (Phi) is 4.88. The van der Waals surface area contributed by atoms with Crippen molar-refractivity contribution in [2.24, 2.45) is 5.92 Å². The Hall–Kier alpha value is -0.170. The highest BCUT2D eigenvalue weighted by Crippen LogP contribution is 2.42. The second-order valence-electron chi connectivity index (χ2n) is 6.32. The summed E-state index contributed by atoms with van der Waals surface area (Å²) in [5.41, 5.74) is 2.25.